The van der Waals surface area contributed by atoms with Crippen LogP contribution in [0.1, 0.15) is 13.3 Å². The van der Waals surface area contributed by atoms with Crippen LogP contribution in [0.4, 0.5) is 5.69 Å². The third-order valence-corrected chi connectivity index (χ3v) is 2.36. The van der Waals surface area contributed by atoms with Gasteiger partial charge in [-0.15, -0.1) is 0 Å². The molecule has 1 aromatic carbocycles. The lowest BCUT2D eigenvalue weighted by Crippen LogP contribution is -2.02. The molecule has 0 aliphatic rings. The van der Waals surface area contributed by atoms with Crippen molar-refractivity contribution < 1.29 is 0 Å². The van der Waals surface area contributed by atoms with Crippen molar-refractivity contribution in [3.8, 4) is 0 Å². The van der Waals surface area contributed by atoms with E-state index < -0.39 is 0 Å². The van der Waals surface area contributed by atoms with Gasteiger partial charge in [0.1, 0.15) is 0 Å². The minimum Gasteiger partial charge on any atom is -0.381 e. The van der Waals surface area contributed by atoms with Gasteiger partial charge in [0, 0.05) is 16.7 Å². The number of benzene rings is 1. The molecule has 1 rings (SSSR count). The van der Waals surface area contributed by atoms with Gasteiger partial charge >= 0.3 is 0 Å². The van der Waals surface area contributed by atoms with Crippen LogP contribution < -0.4 is 5.32 Å². The summed E-state index contributed by atoms with van der Waals surface area (Å²) in [7, 11) is 0. The molecule has 2 heteroatoms. The summed E-state index contributed by atoms with van der Waals surface area (Å²) < 4.78 is 1.10. The van der Waals surface area contributed by atoms with Crippen molar-refractivity contribution >= 4 is 21.6 Å². The molecule has 70 valence electrons. The smallest absolute Gasteiger partial charge is 0.0357 e. The molecule has 0 aliphatic carbocycles. The highest BCUT2D eigenvalue weighted by Gasteiger charge is 1.93. The summed E-state index contributed by atoms with van der Waals surface area (Å²) in [5, 5.41) is 3.31. The van der Waals surface area contributed by atoms with E-state index in [4.69, 9.17) is 0 Å². The van der Waals surface area contributed by atoms with Gasteiger partial charge in [-0.3, -0.25) is 0 Å². The molecule has 0 radical (unpaired) electrons. The van der Waals surface area contributed by atoms with Crippen molar-refractivity contribution in [1.82, 2.24) is 0 Å². The number of halogens is 1. The monoisotopic (exact) mass is 239 g/mol. The molecular formula is C11H14BrN. The highest BCUT2D eigenvalue weighted by Crippen LogP contribution is 2.15. The van der Waals surface area contributed by atoms with E-state index in [0.29, 0.717) is 0 Å². The van der Waals surface area contributed by atoms with E-state index in [1.54, 1.807) is 0 Å². The fourth-order valence-corrected chi connectivity index (χ4v) is 1.35. The van der Waals surface area contributed by atoms with Gasteiger partial charge in [0.25, 0.3) is 0 Å². The Morgan fingerprint density at radius 2 is 2.31 bits per heavy atom. The average molecular weight is 240 g/mol. The van der Waals surface area contributed by atoms with E-state index in [1.165, 1.54) is 5.57 Å². The Morgan fingerprint density at radius 3 is 2.92 bits per heavy atom. The van der Waals surface area contributed by atoms with E-state index in [1.807, 2.05) is 18.2 Å². The number of hydrogen-bond donors (Lipinski definition) is 1. The van der Waals surface area contributed by atoms with Gasteiger partial charge in [0.2, 0.25) is 0 Å². The van der Waals surface area contributed by atoms with Crippen molar-refractivity contribution in [3.63, 3.8) is 0 Å². The molecule has 0 aliphatic heterocycles. The van der Waals surface area contributed by atoms with Gasteiger partial charge in [-0.05, 0) is 24.6 Å². The van der Waals surface area contributed by atoms with Gasteiger partial charge in [0.15, 0.2) is 0 Å². The van der Waals surface area contributed by atoms with Crippen LogP contribution in [0.15, 0.2) is 40.9 Å². The second-order valence-electron chi connectivity index (χ2n) is 2.97. The SMILES string of the molecule is C=C(CC)CNc1cccc(Br)c1. The largest absolute Gasteiger partial charge is 0.381 e. The Kier molecular flexibility index (Phi) is 4.03. The summed E-state index contributed by atoms with van der Waals surface area (Å²) in [5.74, 6) is 0. The first kappa shape index (κ1) is 10.3. The first-order valence-electron chi connectivity index (χ1n) is 4.38. The topological polar surface area (TPSA) is 12.0 Å². The predicted molar refractivity (Wildman–Crippen MR) is 62.1 cm³/mol. The van der Waals surface area contributed by atoms with Crippen molar-refractivity contribution in [2.24, 2.45) is 0 Å². The predicted octanol–water partition coefficient (Wildman–Crippen LogP) is 3.83. The van der Waals surface area contributed by atoms with E-state index >= 15 is 0 Å². The second-order valence-corrected chi connectivity index (χ2v) is 3.88. The maximum absolute atomic E-state index is 3.94. The van der Waals surface area contributed by atoms with Gasteiger partial charge in [-0.1, -0.05) is 41.1 Å². The highest BCUT2D eigenvalue weighted by atomic mass is 79.9. The van der Waals surface area contributed by atoms with E-state index in [2.05, 4.69) is 40.8 Å². The van der Waals surface area contributed by atoms with Crippen LogP contribution in [-0.2, 0) is 0 Å². The first-order chi connectivity index (χ1) is 6.22. The number of anilines is 1. The lowest BCUT2D eigenvalue weighted by molar-refractivity contribution is 1.05. The molecule has 1 N–H and O–H groups in total. The minimum absolute atomic E-state index is 0.854. The summed E-state index contributed by atoms with van der Waals surface area (Å²) >= 11 is 3.42. The zero-order valence-electron chi connectivity index (χ0n) is 7.81. The molecule has 0 spiro atoms. The van der Waals surface area contributed by atoms with Crippen LogP contribution in [0.3, 0.4) is 0 Å². The Labute approximate surface area is 88.0 Å². The fraction of sp³-hybridized carbons (Fsp3) is 0.273. The first-order valence-corrected chi connectivity index (χ1v) is 5.17. The second kappa shape index (κ2) is 5.07. The molecule has 1 nitrogen and oxygen atoms in total. The molecule has 0 saturated heterocycles. The molecule has 13 heavy (non-hydrogen) atoms. The van der Waals surface area contributed by atoms with Crippen molar-refractivity contribution in [2.45, 2.75) is 13.3 Å². The van der Waals surface area contributed by atoms with Crippen LogP contribution >= 0.6 is 15.9 Å². The Morgan fingerprint density at radius 1 is 1.54 bits per heavy atom. The summed E-state index contributed by atoms with van der Waals surface area (Å²) in [6.07, 6.45) is 1.03. The Bertz CT molecular complexity index is 294. The van der Waals surface area contributed by atoms with Gasteiger partial charge in [0.05, 0.1) is 0 Å². The van der Waals surface area contributed by atoms with Crippen LogP contribution in [0.5, 0.6) is 0 Å². The molecule has 0 amide bonds. The molecule has 0 aromatic heterocycles. The van der Waals surface area contributed by atoms with Crippen LogP contribution in [0.25, 0.3) is 0 Å². The highest BCUT2D eigenvalue weighted by molar-refractivity contribution is 9.10. The quantitative estimate of drug-likeness (QED) is 0.788. The van der Waals surface area contributed by atoms with Gasteiger partial charge in [-0.25, -0.2) is 0 Å². The van der Waals surface area contributed by atoms with Crippen molar-refractivity contribution in [3.05, 3.63) is 40.9 Å². The van der Waals surface area contributed by atoms with Crippen molar-refractivity contribution in [1.29, 1.82) is 0 Å². The zero-order valence-corrected chi connectivity index (χ0v) is 9.39. The number of nitrogens with one attached hydrogen (secondary N) is 1. The molecular weight excluding hydrogens is 226 g/mol. The Hall–Kier alpha value is -0.760. The normalized spacial score (nSPS) is 9.69. The maximum Gasteiger partial charge on any atom is 0.0357 e. The lowest BCUT2D eigenvalue weighted by atomic mass is 10.2. The molecule has 0 heterocycles. The molecule has 1 aromatic rings. The standard InChI is InChI=1S/C11H14BrN/c1-3-9(2)8-13-11-6-4-5-10(12)7-11/h4-7,13H,2-3,8H2,1H3. The van der Waals surface area contributed by atoms with Crippen LogP contribution in [0.2, 0.25) is 0 Å². The fourth-order valence-electron chi connectivity index (χ4n) is 0.951. The van der Waals surface area contributed by atoms with Crippen molar-refractivity contribution in [2.75, 3.05) is 11.9 Å². The third kappa shape index (κ3) is 3.64. The maximum atomic E-state index is 3.94. The zero-order chi connectivity index (χ0) is 9.68. The third-order valence-electron chi connectivity index (χ3n) is 1.87. The average Bonchev–Trinajstić information content (AvgIpc) is 2.14. The summed E-state index contributed by atoms with van der Waals surface area (Å²) in [5.41, 5.74) is 2.35. The summed E-state index contributed by atoms with van der Waals surface area (Å²) in [6, 6.07) is 8.14. The number of hydrogen-bond acceptors (Lipinski definition) is 1. The molecule has 0 fully saturated rings. The summed E-state index contributed by atoms with van der Waals surface area (Å²) in [6.45, 7) is 6.91. The van der Waals surface area contributed by atoms with Gasteiger partial charge in [-0.2, -0.15) is 0 Å². The lowest BCUT2D eigenvalue weighted by Gasteiger charge is -2.07. The number of rotatable bonds is 4. The minimum atomic E-state index is 0.854. The van der Waals surface area contributed by atoms with E-state index in [0.717, 1.165) is 23.1 Å². The Balaban J connectivity index is 2.50. The molecule has 0 bridgehead atoms. The molecule has 0 saturated carbocycles. The van der Waals surface area contributed by atoms with E-state index in [9.17, 15) is 0 Å². The van der Waals surface area contributed by atoms with Crippen LogP contribution in [-0.4, -0.2) is 6.54 Å². The van der Waals surface area contributed by atoms with E-state index in [-0.39, 0.29) is 0 Å². The molecule has 0 atom stereocenters. The summed E-state index contributed by atoms with van der Waals surface area (Å²) in [4.78, 5) is 0. The molecule has 0 unspecified atom stereocenters. The van der Waals surface area contributed by atoms with Gasteiger partial charge < -0.3 is 5.32 Å². The van der Waals surface area contributed by atoms with Crippen LogP contribution in [0, 0.1) is 0 Å².